The van der Waals surface area contributed by atoms with Gasteiger partial charge in [0.1, 0.15) is 0 Å². The molecule has 1 aliphatic rings. The minimum atomic E-state index is -0.158. The lowest BCUT2D eigenvalue weighted by Gasteiger charge is -2.29. The van der Waals surface area contributed by atoms with Gasteiger partial charge in [-0.2, -0.15) is 0 Å². The van der Waals surface area contributed by atoms with E-state index in [0.717, 1.165) is 37.2 Å². The highest BCUT2D eigenvalue weighted by Crippen LogP contribution is 2.20. The smallest absolute Gasteiger partial charge is 0.319 e. The molecule has 2 rings (SSSR count). The maximum atomic E-state index is 11.9. The third-order valence-corrected chi connectivity index (χ3v) is 3.89. The number of anilines is 1. The van der Waals surface area contributed by atoms with E-state index in [2.05, 4.69) is 22.6 Å². The van der Waals surface area contributed by atoms with E-state index in [0.29, 0.717) is 5.02 Å². The molecule has 4 nitrogen and oxygen atoms in total. The predicted octanol–water partition coefficient (Wildman–Crippen LogP) is 2.86. The van der Waals surface area contributed by atoms with E-state index in [1.807, 2.05) is 19.1 Å². The molecule has 1 saturated heterocycles. The van der Waals surface area contributed by atoms with E-state index in [9.17, 15) is 4.79 Å². The second-order valence-electron chi connectivity index (χ2n) is 5.14. The van der Waals surface area contributed by atoms with Gasteiger partial charge in [0, 0.05) is 16.8 Å². The van der Waals surface area contributed by atoms with Crippen LogP contribution in [-0.2, 0) is 0 Å². The molecule has 0 bridgehead atoms. The highest BCUT2D eigenvalue weighted by molar-refractivity contribution is 6.31. The van der Waals surface area contributed by atoms with Gasteiger partial charge in [-0.25, -0.2) is 4.79 Å². The summed E-state index contributed by atoms with van der Waals surface area (Å²) in [6, 6.07) is 5.63. The molecule has 1 fully saturated rings. The van der Waals surface area contributed by atoms with Crippen LogP contribution in [0.15, 0.2) is 18.2 Å². The Morgan fingerprint density at radius 1 is 1.37 bits per heavy atom. The number of rotatable bonds is 2. The number of halogens is 1. The highest BCUT2D eigenvalue weighted by Gasteiger charge is 2.18. The van der Waals surface area contributed by atoms with Crippen molar-refractivity contribution in [3.8, 4) is 0 Å². The Bertz CT molecular complexity index is 456. The molecule has 0 spiro atoms. The van der Waals surface area contributed by atoms with Crippen LogP contribution in [0.3, 0.4) is 0 Å². The molecule has 0 saturated carbocycles. The quantitative estimate of drug-likeness (QED) is 0.875. The number of benzene rings is 1. The lowest BCUT2D eigenvalue weighted by Crippen LogP contribution is -2.44. The maximum absolute atomic E-state index is 11.9. The number of likely N-dealkylation sites (tertiary alicyclic amines) is 1. The van der Waals surface area contributed by atoms with E-state index in [4.69, 9.17) is 11.6 Å². The summed E-state index contributed by atoms with van der Waals surface area (Å²) in [6.07, 6.45) is 2.00. The zero-order chi connectivity index (χ0) is 13.8. The molecule has 0 aromatic heterocycles. The first kappa shape index (κ1) is 14.2. The molecule has 5 heteroatoms. The monoisotopic (exact) mass is 281 g/mol. The van der Waals surface area contributed by atoms with Crippen LogP contribution in [0.5, 0.6) is 0 Å². The molecule has 19 heavy (non-hydrogen) atoms. The first-order chi connectivity index (χ1) is 9.04. The average Bonchev–Trinajstić information content (AvgIpc) is 2.37. The summed E-state index contributed by atoms with van der Waals surface area (Å²) in [4.78, 5) is 14.2. The number of hydrogen-bond acceptors (Lipinski definition) is 2. The largest absolute Gasteiger partial charge is 0.335 e. The molecule has 2 N–H and O–H groups in total. The van der Waals surface area contributed by atoms with Crippen LogP contribution < -0.4 is 10.6 Å². The first-order valence-electron chi connectivity index (χ1n) is 6.57. The van der Waals surface area contributed by atoms with Crippen LogP contribution in [0.1, 0.15) is 18.4 Å². The molecule has 104 valence electrons. The summed E-state index contributed by atoms with van der Waals surface area (Å²) in [5, 5.41) is 6.49. The summed E-state index contributed by atoms with van der Waals surface area (Å²) >= 11 is 6.03. The lowest BCUT2D eigenvalue weighted by molar-refractivity contribution is 0.221. The number of piperidine rings is 1. The van der Waals surface area contributed by atoms with Gasteiger partial charge in [0.05, 0.1) is 0 Å². The number of hydrogen-bond donors (Lipinski definition) is 2. The average molecular weight is 282 g/mol. The topological polar surface area (TPSA) is 44.4 Å². The Morgan fingerprint density at radius 3 is 2.68 bits per heavy atom. The van der Waals surface area contributed by atoms with E-state index in [-0.39, 0.29) is 12.1 Å². The Kier molecular flexibility index (Phi) is 4.66. The van der Waals surface area contributed by atoms with Crippen molar-refractivity contribution in [1.29, 1.82) is 0 Å². The van der Waals surface area contributed by atoms with Crippen molar-refractivity contribution in [2.24, 2.45) is 0 Å². The van der Waals surface area contributed by atoms with Gasteiger partial charge in [0.2, 0.25) is 0 Å². The van der Waals surface area contributed by atoms with Crippen molar-refractivity contribution in [3.63, 3.8) is 0 Å². The molecule has 0 radical (unpaired) electrons. The summed E-state index contributed by atoms with van der Waals surface area (Å²) < 4.78 is 0. The number of nitrogens with zero attached hydrogens (tertiary/aromatic N) is 1. The third-order valence-electron chi connectivity index (χ3n) is 3.48. The lowest BCUT2D eigenvalue weighted by atomic mass is 10.1. The SMILES string of the molecule is Cc1ccc(NC(=O)NC2CCN(C)CC2)cc1Cl. The standard InChI is InChI=1S/C14H20ClN3O/c1-10-3-4-12(9-13(10)15)17-14(19)16-11-5-7-18(2)8-6-11/h3-4,9,11H,5-8H2,1-2H3,(H2,16,17,19). The minimum Gasteiger partial charge on any atom is -0.335 e. The molecule has 0 unspecified atom stereocenters. The molecular formula is C14H20ClN3O. The summed E-state index contributed by atoms with van der Waals surface area (Å²) in [6.45, 7) is 3.99. The number of carbonyl (C=O) groups is 1. The van der Waals surface area contributed by atoms with E-state index in [1.54, 1.807) is 6.07 Å². The van der Waals surface area contributed by atoms with Crippen LogP contribution in [-0.4, -0.2) is 37.1 Å². The van der Waals surface area contributed by atoms with E-state index >= 15 is 0 Å². The van der Waals surface area contributed by atoms with Gasteiger partial charge in [-0.05, 0) is 57.6 Å². The number of amides is 2. The van der Waals surface area contributed by atoms with E-state index < -0.39 is 0 Å². The van der Waals surface area contributed by atoms with Gasteiger partial charge >= 0.3 is 6.03 Å². The minimum absolute atomic E-state index is 0.158. The Morgan fingerprint density at radius 2 is 2.05 bits per heavy atom. The molecule has 0 atom stereocenters. The third kappa shape index (κ3) is 4.11. The van der Waals surface area contributed by atoms with Gasteiger partial charge in [-0.15, -0.1) is 0 Å². The van der Waals surface area contributed by atoms with Crippen LogP contribution in [0.2, 0.25) is 5.02 Å². The predicted molar refractivity (Wildman–Crippen MR) is 78.9 cm³/mol. The van der Waals surface area contributed by atoms with Gasteiger partial charge < -0.3 is 15.5 Å². The number of nitrogens with one attached hydrogen (secondary N) is 2. The number of aryl methyl sites for hydroxylation is 1. The molecule has 0 aliphatic carbocycles. The highest BCUT2D eigenvalue weighted by atomic mass is 35.5. The van der Waals surface area contributed by atoms with Gasteiger partial charge in [0.15, 0.2) is 0 Å². The molecule has 1 aromatic rings. The second kappa shape index (κ2) is 6.26. The molecule has 2 amide bonds. The normalized spacial score (nSPS) is 17.2. The second-order valence-corrected chi connectivity index (χ2v) is 5.55. The van der Waals surface area contributed by atoms with Gasteiger partial charge in [-0.1, -0.05) is 17.7 Å². The maximum Gasteiger partial charge on any atom is 0.319 e. The Labute approximate surface area is 119 Å². The van der Waals surface area contributed by atoms with Gasteiger partial charge in [-0.3, -0.25) is 0 Å². The zero-order valence-corrected chi connectivity index (χ0v) is 12.1. The van der Waals surface area contributed by atoms with Crippen molar-refractivity contribution >= 4 is 23.3 Å². The Balaban J connectivity index is 1.85. The molecule has 1 aromatic carbocycles. The van der Waals surface area contributed by atoms with Crippen molar-refractivity contribution in [3.05, 3.63) is 28.8 Å². The number of carbonyl (C=O) groups excluding carboxylic acids is 1. The van der Waals surface area contributed by atoms with Crippen LogP contribution >= 0.6 is 11.6 Å². The van der Waals surface area contributed by atoms with Crippen molar-refractivity contribution in [2.45, 2.75) is 25.8 Å². The summed E-state index contributed by atoms with van der Waals surface area (Å²) in [5.74, 6) is 0. The van der Waals surface area contributed by atoms with Crippen molar-refractivity contribution < 1.29 is 4.79 Å². The van der Waals surface area contributed by atoms with Gasteiger partial charge in [0.25, 0.3) is 0 Å². The Hall–Kier alpha value is -1.26. The molecule has 1 aliphatic heterocycles. The number of urea groups is 1. The summed E-state index contributed by atoms with van der Waals surface area (Å²) in [5.41, 5.74) is 1.73. The van der Waals surface area contributed by atoms with Crippen LogP contribution in [0.25, 0.3) is 0 Å². The summed E-state index contributed by atoms with van der Waals surface area (Å²) in [7, 11) is 2.10. The van der Waals surface area contributed by atoms with Crippen molar-refractivity contribution in [2.75, 3.05) is 25.5 Å². The first-order valence-corrected chi connectivity index (χ1v) is 6.94. The molecular weight excluding hydrogens is 262 g/mol. The van der Waals surface area contributed by atoms with Crippen LogP contribution in [0, 0.1) is 6.92 Å². The molecule has 1 heterocycles. The fourth-order valence-corrected chi connectivity index (χ4v) is 2.36. The van der Waals surface area contributed by atoms with E-state index in [1.165, 1.54) is 0 Å². The fraction of sp³-hybridized carbons (Fsp3) is 0.500. The zero-order valence-electron chi connectivity index (χ0n) is 11.4. The van der Waals surface area contributed by atoms with Crippen molar-refractivity contribution in [1.82, 2.24) is 10.2 Å². The van der Waals surface area contributed by atoms with Crippen LogP contribution in [0.4, 0.5) is 10.5 Å². The fourth-order valence-electron chi connectivity index (χ4n) is 2.18.